The molecule has 9 heteroatoms. The van der Waals surface area contributed by atoms with Gasteiger partial charge in [-0.2, -0.15) is 4.31 Å². The van der Waals surface area contributed by atoms with Gasteiger partial charge in [0.1, 0.15) is 10.6 Å². The molecule has 0 atom stereocenters. The van der Waals surface area contributed by atoms with E-state index in [-0.39, 0.29) is 22.5 Å². The van der Waals surface area contributed by atoms with Gasteiger partial charge in [-0.15, -0.1) is 0 Å². The third-order valence-corrected chi connectivity index (χ3v) is 7.33. The van der Waals surface area contributed by atoms with Crippen LogP contribution in [0, 0.1) is 5.92 Å². The number of sulfonamides is 1. The Bertz CT molecular complexity index is 843. The highest BCUT2D eigenvalue weighted by Crippen LogP contribution is 2.31. The van der Waals surface area contributed by atoms with E-state index in [2.05, 4.69) is 5.32 Å². The normalized spacial score (nSPS) is 18.4. The molecule has 0 radical (unpaired) electrons. The van der Waals surface area contributed by atoms with Crippen molar-refractivity contribution in [2.24, 2.45) is 5.92 Å². The van der Waals surface area contributed by atoms with Crippen LogP contribution in [0.3, 0.4) is 0 Å². The Morgan fingerprint density at radius 1 is 1.10 bits per heavy atom. The van der Waals surface area contributed by atoms with Crippen LogP contribution in [0.15, 0.2) is 23.1 Å². The molecule has 1 aromatic carbocycles. The number of piperidine rings is 1. The minimum Gasteiger partial charge on any atom is -0.495 e. The lowest BCUT2D eigenvalue weighted by Gasteiger charge is -2.26. The maximum Gasteiger partial charge on any atom is 0.309 e. The number of rotatable bonds is 7. The number of benzene rings is 1. The largest absolute Gasteiger partial charge is 0.495 e. The van der Waals surface area contributed by atoms with Gasteiger partial charge in [-0.25, -0.2) is 8.42 Å². The van der Waals surface area contributed by atoms with Gasteiger partial charge in [0.15, 0.2) is 6.61 Å². The summed E-state index contributed by atoms with van der Waals surface area (Å²) in [4.78, 5) is 24.1. The Kier molecular flexibility index (Phi) is 7.13. The Morgan fingerprint density at radius 2 is 1.79 bits per heavy atom. The standard InChI is InChI=1S/C20H28N2O6S/c1-27-17-10-9-16(13-18(17)29(25,26)22-11-5-2-6-12-22)21-19(23)14-28-20(24)15-7-3-4-8-15/h9-10,13,15H,2-8,11-12,14H2,1H3,(H,21,23). The highest BCUT2D eigenvalue weighted by molar-refractivity contribution is 7.89. The molecule has 1 saturated carbocycles. The van der Waals surface area contributed by atoms with Crippen molar-refractivity contribution < 1.29 is 27.5 Å². The van der Waals surface area contributed by atoms with Crippen LogP contribution in [-0.2, 0) is 24.3 Å². The topological polar surface area (TPSA) is 102 Å². The first-order valence-electron chi connectivity index (χ1n) is 10.1. The maximum atomic E-state index is 13.0. The Labute approximate surface area is 171 Å². The summed E-state index contributed by atoms with van der Waals surface area (Å²) in [6, 6.07) is 4.46. The minimum atomic E-state index is -3.73. The van der Waals surface area contributed by atoms with Gasteiger partial charge in [0.05, 0.1) is 13.0 Å². The molecule has 2 aliphatic rings. The van der Waals surface area contributed by atoms with E-state index in [1.54, 1.807) is 6.07 Å². The molecule has 0 aromatic heterocycles. The van der Waals surface area contributed by atoms with Gasteiger partial charge in [0, 0.05) is 18.8 Å². The second-order valence-electron chi connectivity index (χ2n) is 7.47. The van der Waals surface area contributed by atoms with Crippen molar-refractivity contribution in [2.75, 3.05) is 32.1 Å². The molecule has 1 amide bonds. The number of amides is 1. The number of nitrogens with zero attached hydrogens (tertiary/aromatic N) is 1. The summed E-state index contributed by atoms with van der Waals surface area (Å²) in [5.41, 5.74) is 0.309. The van der Waals surface area contributed by atoms with Gasteiger partial charge in [-0.3, -0.25) is 9.59 Å². The van der Waals surface area contributed by atoms with Crippen LogP contribution < -0.4 is 10.1 Å². The number of nitrogens with one attached hydrogen (secondary N) is 1. The summed E-state index contributed by atoms with van der Waals surface area (Å²) < 4.78 is 37.8. The van der Waals surface area contributed by atoms with Crippen molar-refractivity contribution in [3.63, 3.8) is 0 Å². The first-order chi connectivity index (χ1) is 13.9. The second-order valence-corrected chi connectivity index (χ2v) is 9.37. The molecule has 1 aliphatic carbocycles. The molecular weight excluding hydrogens is 396 g/mol. The zero-order valence-corrected chi connectivity index (χ0v) is 17.5. The number of methoxy groups -OCH3 is 1. The summed E-state index contributed by atoms with van der Waals surface area (Å²) in [6.45, 7) is 0.550. The average molecular weight is 425 g/mol. The van der Waals surface area contributed by atoms with Crippen LogP contribution in [0.2, 0.25) is 0 Å². The Balaban J connectivity index is 1.67. The molecule has 1 aliphatic heterocycles. The first-order valence-corrected chi connectivity index (χ1v) is 11.5. The molecule has 160 valence electrons. The molecule has 2 fully saturated rings. The highest BCUT2D eigenvalue weighted by atomic mass is 32.2. The van der Waals surface area contributed by atoms with Crippen LogP contribution in [0.5, 0.6) is 5.75 Å². The number of hydrogen-bond donors (Lipinski definition) is 1. The van der Waals surface area contributed by atoms with Crippen LogP contribution in [-0.4, -0.2) is 51.4 Å². The predicted octanol–water partition coefficient (Wildman–Crippen LogP) is 2.54. The molecule has 1 aromatic rings. The number of hydrogen-bond acceptors (Lipinski definition) is 6. The Morgan fingerprint density at radius 3 is 2.45 bits per heavy atom. The van der Waals surface area contributed by atoms with Crippen molar-refractivity contribution >= 4 is 27.6 Å². The fourth-order valence-electron chi connectivity index (χ4n) is 3.81. The summed E-state index contributed by atoms with van der Waals surface area (Å²) in [5, 5.41) is 2.60. The third-order valence-electron chi connectivity index (χ3n) is 5.41. The number of ether oxygens (including phenoxy) is 2. The highest BCUT2D eigenvalue weighted by Gasteiger charge is 2.29. The van der Waals surface area contributed by atoms with Crippen molar-refractivity contribution in [1.82, 2.24) is 4.31 Å². The molecule has 0 bridgehead atoms. The molecule has 1 N–H and O–H groups in total. The van der Waals surface area contributed by atoms with Crippen LogP contribution in [0.4, 0.5) is 5.69 Å². The summed E-state index contributed by atoms with van der Waals surface area (Å²) in [5.74, 6) is -0.755. The number of carbonyl (C=O) groups is 2. The molecule has 1 saturated heterocycles. The molecule has 8 nitrogen and oxygen atoms in total. The minimum absolute atomic E-state index is 0.0163. The SMILES string of the molecule is COc1ccc(NC(=O)COC(=O)C2CCCC2)cc1S(=O)(=O)N1CCCCC1. The van der Waals surface area contributed by atoms with Crippen molar-refractivity contribution in [3.05, 3.63) is 18.2 Å². The zero-order valence-electron chi connectivity index (χ0n) is 16.7. The van der Waals surface area contributed by atoms with Crippen LogP contribution in [0.1, 0.15) is 44.9 Å². The Hall–Kier alpha value is -2.13. The predicted molar refractivity (Wildman–Crippen MR) is 107 cm³/mol. The van der Waals surface area contributed by atoms with Crippen molar-refractivity contribution in [1.29, 1.82) is 0 Å². The summed E-state index contributed by atoms with van der Waals surface area (Å²) >= 11 is 0. The van der Waals surface area contributed by atoms with Gasteiger partial charge < -0.3 is 14.8 Å². The number of esters is 1. The summed E-state index contributed by atoms with van der Waals surface area (Å²) in [7, 11) is -2.32. The molecule has 29 heavy (non-hydrogen) atoms. The monoisotopic (exact) mass is 424 g/mol. The smallest absolute Gasteiger partial charge is 0.309 e. The lowest BCUT2D eigenvalue weighted by Crippen LogP contribution is -2.35. The van der Waals surface area contributed by atoms with E-state index < -0.39 is 22.5 Å². The van der Waals surface area contributed by atoms with E-state index in [9.17, 15) is 18.0 Å². The average Bonchev–Trinajstić information content (AvgIpc) is 3.27. The van der Waals surface area contributed by atoms with E-state index in [1.807, 2.05) is 0 Å². The third kappa shape index (κ3) is 5.27. The van der Waals surface area contributed by atoms with Gasteiger partial charge in [-0.1, -0.05) is 19.3 Å². The maximum absolute atomic E-state index is 13.0. The number of carbonyl (C=O) groups excluding carboxylic acids is 2. The molecule has 0 unspecified atom stereocenters. The lowest BCUT2D eigenvalue weighted by atomic mass is 10.1. The van der Waals surface area contributed by atoms with E-state index in [4.69, 9.17) is 9.47 Å². The van der Waals surface area contributed by atoms with E-state index >= 15 is 0 Å². The van der Waals surface area contributed by atoms with Crippen molar-refractivity contribution in [2.45, 2.75) is 49.8 Å². The van der Waals surface area contributed by atoms with Crippen LogP contribution >= 0.6 is 0 Å². The molecular formula is C20H28N2O6S. The second kappa shape index (κ2) is 9.58. The van der Waals surface area contributed by atoms with E-state index in [0.717, 1.165) is 44.9 Å². The molecule has 1 heterocycles. The van der Waals surface area contributed by atoms with Gasteiger partial charge in [-0.05, 0) is 43.9 Å². The van der Waals surface area contributed by atoms with Gasteiger partial charge in [0.2, 0.25) is 10.0 Å². The van der Waals surface area contributed by atoms with Gasteiger partial charge >= 0.3 is 5.97 Å². The van der Waals surface area contributed by atoms with Crippen molar-refractivity contribution in [3.8, 4) is 5.75 Å². The fourth-order valence-corrected chi connectivity index (χ4v) is 5.51. The van der Waals surface area contributed by atoms with Gasteiger partial charge in [0.25, 0.3) is 5.91 Å². The lowest BCUT2D eigenvalue weighted by molar-refractivity contribution is -0.151. The van der Waals surface area contributed by atoms with E-state index in [0.29, 0.717) is 18.8 Å². The quantitative estimate of drug-likeness (QED) is 0.675. The summed E-state index contributed by atoms with van der Waals surface area (Å²) in [6.07, 6.45) is 6.28. The zero-order chi connectivity index (χ0) is 20.9. The molecule has 0 spiro atoms. The van der Waals surface area contributed by atoms with E-state index in [1.165, 1.54) is 23.5 Å². The first kappa shape index (κ1) is 21.6. The number of anilines is 1. The van der Waals surface area contributed by atoms with Crippen LogP contribution in [0.25, 0.3) is 0 Å². The fraction of sp³-hybridized carbons (Fsp3) is 0.600. The molecule has 3 rings (SSSR count).